The lowest BCUT2D eigenvalue weighted by atomic mass is 9.47. The highest BCUT2D eigenvalue weighted by molar-refractivity contribution is 5.30. The van der Waals surface area contributed by atoms with Crippen LogP contribution in [0.25, 0.3) is 0 Å². The first-order chi connectivity index (χ1) is 10.7. The Morgan fingerprint density at radius 1 is 1.00 bits per heavy atom. The molecule has 0 bridgehead atoms. The molecule has 0 amide bonds. The summed E-state index contributed by atoms with van der Waals surface area (Å²) in [4.78, 5) is 0. The molecule has 0 aliphatic heterocycles. The second kappa shape index (κ2) is 4.68. The fraction of sp³-hybridized carbons (Fsp3) is 0.789. The SMILES string of the molecule is C[C@]12CC[C@]3(F)[C@@H](C=CC4C[C@H](O)C=C[C@@]43C)[C@@H]1C[C@@H](O)[C@@H]2O. The van der Waals surface area contributed by atoms with Gasteiger partial charge in [0, 0.05) is 11.3 Å². The van der Waals surface area contributed by atoms with Crippen molar-refractivity contribution in [2.45, 2.75) is 63.5 Å². The van der Waals surface area contributed by atoms with Crippen LogP contribution in [0.1, 0.15) is 39.5 Å². The minimum atomic E-state index is -1.38. The molecule has 2 saturated carbocycles. The summed E-state index contributed by atoms with van der Waals surface area (Å²) in [5, 5.41) is 30.5. The fourth-order valence-corrected chi connectivity index (χ4v) is 6.06. The molecule has 4 heteroatoms. The number of allylic oxidation sites excluding steroid dienone is 3. The maximum Gasteiger partial charge on any atom is 0.126 e. The molecule has 4 aliphatic carbocycles. The van der Waals surface area contributed by atoms with Gasteiger partial charge in [-0.2, -0.15) is 0 Å². The third kappa shape index (κ3) is 1.80. The number of alkyl halides is 1. The number of fused-ring (bicyclic) bond motifs is 5. The van der Waals surface area contributed by atoms with Gasteiger partial charge < -0.3 is 15.3 Å². The molecule has 0 aromatic carbocycles. The molecule has 3 nitrogen and oxygen atoms in total. The minimum absolute atomic E-state index is 0.00403. The maximum absolute atomic E-state index is 16.4. The smallest absolute Gasteiger partial charge is 0.126 e. The monoisotopic (exact) mass is 322 g/mol. The Bertz CT molecular complexity index is 575. The van der Waals surface area contributed by atoms with E-state index in [9.17, 15) is 15.3 Å². The molecule has 0 saturated heterocycles. The molecular weight excluding hydrogens is 295 g/mol. The Balaban J connectivity index is 1.78. The zero-order valence-electron chi connectivity index (χ0n) is 13.8. The van der Waals surface area contributed by atoms with Gasteiger partial charge in [-0.25, -0.2) is 4.39 Å². The normalized spacial score (nSPS) is 61.0. The van der Waals surface area contributed by atoms with Crippen molar-refractivity contribution >= 4 is 0 Å². The zero-order valence-corrected chi connectivity index (χ0v) is 13.8. The highest BCUT2D eigenvalue weighted by Crippen LogP contribution is 2.66. The molecular formula is C19H27FO3. The molecule has 0 heterocycles. The minimum Gasteiger partial charge on any atom is -0.390 e. The quantitative estimate of drug-likeness (QED) is 0.600. The van der Waals surface area contributed by atoms with E-state index in [4.69, 9.17) is 0 Å². The number of hydrogen-bond donors (Lipinski definition) is 3. The van der Waals surface area contributed by atoms with Gasteiger partial charge in [0.05, 0.1) is 18.3 Å². The van der Waals surface area contributed by atoms with Gasteiger partial charge in [0.25, 0.3) is 0 Å². The van der Waals surface area contributed by atoms with Crippen LogP contribution < -0.4 is 0 Å². The first-order valence-corrected chi connectivity index (χ1v) is 8.83. The maximum atomic E-state index is 16.4. The molecule has 0 aromatic rings. The summed E-state index contributed by atoms with van der Waals surface area (Å²) in [6.45, 7) is 3.97. The summed E-state index contributed by atoms with van der Waals surface area (Å²) in [7, 11) is 0. The van der Waals surface area contributed by atoms with Crippen LogP contribution in [0, 0.1) is 28.6 Å². The van der Waals surface area contributed by atoms with E-state index in [1.165, 1.54) is 0 Å². The molecule has 2 fully saturated rings. The van der Waals surface area contributed by atoms with E-state index in [2.05, 4.69) is 6.08 Å². The molecule has 3 N–H and O–H groups in total. The second-order valence-electron chi connectivity index (χ2n) is 8.68. The van der Waals surface area contributed by atoms with Crippen LogP contribution in [0.15, 0.2) is 24.3 Å². The van der Waals surface area contributed by atoms with Crippen molar-refractivity contribution in [2.75, 3.05) is 0 Å². The van der Waals surface area contributed by atoms with Crippen molar-refractivity contribution in [3.05, 3.63) is 24.3 Å². The first kappa shape index (κ1) is 15.8. The number of rotatable bonds is 0. The Hall–Kier alpha value is -0.710. The summed E-state index contributed by atoms with van der Waals surface area (Å²) in [6, 6.07) is 0. The average Bonchev–Trinajstić information content (AvgIpc) is 2.73. The molecule has 4 aliphatic rings. The van der Waals surface area contributed by atoms with Crippen LogP contribution in [0.4, 0.5) is 4.39 Å². The molecule has 0 spiro atoms. The van der Waals surface area contributed by atoms with Gasteiger partial charge in [0.1, 0.15) is 5.67 Å². The van der Waals surface area contributed by atoms with Gasteiger partial charge in [0.2, 0.25) is 0 Å². The number of aliphatic hydroxyl groups is 3. The van der Waals surface area contributed by atoms with E-state index in [1.54, 1.807) is 6.08 Å². The third-order valence-corrected chi connectivity index (χ3v) is 7.75. The van der Waals surface area contributed by atoms with E-state index in [1.807, 2.05) is 26.0 Å². The highest BCUT2D eigenvalue weighted by Gasteiger charge is 2.67. The van der Waals surface area contributed by atoms with Crippen molar-refractivity contribution in [3.8, 4) is 0 Å². The topological polar surface area (TPSA) is 60.7 Å². The molecule has 23 heavy (non-hydrogen) atoms. The van der Waals surface area contributed by atoms with Gasteiger partial charge >= 0.3 is 0 Å². The van der Waals surface area contributed by atoms with Crippen LogP contribution in [0.3, 0.4) is 0 Å². The Kier molecular flexibility index (Phi) is 3.21. The first-order valence-electron chi connectivity index (χ1n) is 8.83. The van der Waals surface area contributed by atoms with Gasteiger partial charge in [0.15, 0.2) is 0 Å². The summed E-state index contributed by atoms with van der Waals surface area (Å²) in [5.41, 5.74) is -2.41. The van der Waals surface area contributed by atoms with Crippen molar-refractivity contribution < 1.29 is 19.7 Å². The van der Waals surface area contributed by atoms with E-state index < -0.39 is 34.8 Å². The highest BCUT2D eigenvalue weighted by atomic mass is 19.1. The van der Waals surface area contributed by atoms with Gasteiger partial charge in [-0.1, -0.05) is 38.2 Å². The van der Waals surface area contributed by atoms with E-state index >= 15 is 4.39 Å². The molecule has 0 aromatic heterocycles. The number of aliphatic hydroxyl groups excluding tert-OH is 3. The molecule has 128 valence electrons. The van der Waals surface area contributed by atoms with Crippen molar-refractivity contribution in [3.63, 3.8) is 0 Å². The Morgan fingerprint density at radius 2 is 1.74 bits per heavy atom. The lowest BCUT2D eigenvalue weighted by molar-refractivity contribution is -0.138. The summed E-state index contributed by atoms with van der Waals surface area (Å²) in [6.07, 6.45) is 7.66. The lowest BCUT2D eigenvalue weighted by Gasteiger charge is -2.59. The third-order valence-electron chi connectivity index (χ3n) is 7.75. The largest absolute Gasteiger partial charge is 0.390 e. The van der Waals surface area contributed by atoms with Gasteiger partial charge in [-0.05, 0) is 42.9 Å². The Labute approximate surface area is 136 Å². The molecule has 0 radical (unpaired) electrons. The van der Waals surface area contributed by atoms with Gasteiger partial charge in [-0.15, -0.1) is 0 Å². The van der Waals surface area contributed by atoms with Crippen molar-refractivity contribution in [2.24, 2.45) is 28.6 Å². The predicted molar refractivity (Wildman–Crippen MR) is 85.3 cm³/mol. The molecule has 4 rings (SSSR count). The summed E-state index contributed by atoms with van der Waals surface area (Å²) < 4.78 is 16.4. The molecule has 9 atom stereocenters. The Morgan fingerprint density at radius 3 is 2.48 bits per heavy atom. The zero-order chi connectivity index (χ0) is 16.6. The fourth-order valence-electron chi connectivity index (χ4n) is 6.06. The standard InChI is InChI=1S/C19H27FO3/c1-17-7-8-19(20)13(14(17)10-15(22)16(17)23)4-3-11-9-12(21)5-6-18(11,19)2/h3-6,11-16,21-23H,7-10H2,1-2H3/t11?,12-,13+,14+,15-,16+,17+,18+,19+/m1/s1. The van der Waals surface area contributed by atoms with Crippen LogP contribution in [-0.2, 0) is 0 Å². The van der Waals surface area contributed by atoms with E-state index in [0.29, 0.717) is 25.7 Å². The predicted octanol–water partition coefficient (Wildman–Crippen LogP) is 2.37. The van der Waals surface area contributed by atoms with Gasteiger partial charge in [-0.3, -0.25) is 0 Å². The summed E-state index contributed by atoms with van der Waals surface area (Å²) >= 11 is 0. The van der Waals surface area contributed by atoms with Crippen LogP contribution >= 0.6 is 0 Å². The van der Waals surface area contributed by atoms with Crippen LogP contribution in [-0.4, -0.2) is 39.3 Å². The van der Waals surface area contributed by atoms with Crippen LogP contribution in [0.5, 0.6) is 0 Å². The van der Waals surface area contributed by atoms with E-state index in [0.717, 1.165) is 0 Å². The molecule has 1 unspecified atom stereocenters. The lowest BCUT2D eigenvalue weighted by Crippen LogP contribution is -2.61. The van der Waals surface area contributed by atoms with Crippen LogP contribution in [0.2, 0.25) is 0 Å². The number of halogens is 1. The van der Waals surface area contributed by atoms with E-state index in [-0.39, 0.29) is 17.8 Å². The van der Waals surface area contributed by atoms with Crippen molar-refractivity contribution in [1.82, 2.24) is 0 Å². The second-order valence-corrected chi connectivity index (χ2v) is 8.68. The number of hydrogen-bond acceptors (Lipinski definition) is 3. The van der Waals surface area contributed by atoms with Crippen molar-refractivity contribution in [1.29, 1.82) is 0 Å². The average molecular weight is 322 g/mol. The summed E-state index contributed by atoms with van der Waals surface area (Å²) in [5.74, 6) is -0.320.